The molecule has 3 rings (SSSR count). The Morgan fingerprint density at radius 3 is 2.81 bits per heavy atom. The summed E-state index contributed by atoms with van der Waals surface area (Å²) in [5.41, 5.74) is 1.59. The maximum absolute atomic E-state index is 13.0. The van der Waals surface area contributed by atoms with Crippen molar-refractivity contribution in [3.05, 3.63) is 65.5 Å². The molecular formula is C21H25FN2O3. The highest BCUT2D eigenvalue weighted by atomic mass is 19.1. The average Bonchev–Trinajstić information content (AvgIpc) is 2.69. The van der Waals surface area contributed by atoms with Crippen LogP contribution in [0, 0.1) is 5.82 Å². The summed E-state index contributed by atoms with van der Waals surface area (Å²) in [4.78, 5) is 14.7. The fourth-order valence-electron chi connectivity index (χ4n) is 3.13. The van der Waals surface area contributed by atoms with E-state index in [2.05, 4.69) is 10.2 Å². The lowest BCUT2D eigenvalue weighted by molar-refractivity contribution is -0.0292. The summed E-state index contributed by atoms with van der Waals surface area (Å²) in [6, 6.07) is 13.8. The van der Waals surface area contributed by atoms with Crippen molar-refractivity contribution < 1.29 is 18.7 Å². The molecule has 0 saturated carbocycles. The van der Waals surface area contributed by atoms with E-state index in [4.69, 9.17) is 9.47 Å². The molecular weight excluding hydrogens is 347 g/mol. The Morgan fingerprint density at radius 1 is 1.26 bits per heavy atom. The minimum Gasteiger partial charge on any atom is -0.493 e. The number of carbonyl (C=O) groups is 1. The molecule has 1 saturated heterocycles. The first-order valence-corrected chi connectivity index (χ1v) is 9.24. The van der Waals surface area contributed by atoms with Gasteiger partial charge in [0.05, 0.1) is 24.9 Å². The highest BCUT2D eigenvalue weighted by Crippen LogP contribution is 2.18. The monoisotopic (exact) mass is 372 g/mol. The zero-order valence-corrected chi connectivity index (χ0v) is 15.5. The van der Waals surface area contributed by atoms with Gasteiger partial charge in [0, 0.05) is 26.2 Å². The van der Waals surface area contributed by atoms with Crippen molar-refractivity contribution in [3.63, 3.8) is 0 Å². The number of hydrogen-bond donors (Lipinski definition) is 1. The zero-order valence-electron chi connectivity index (χ0n) is 15.5. The van der Waals surface area contributed by atoms with Gasteiger partial charge < -0.3 is 14.8 Å². The van der Waals surface area contributed by atoms with Gasteiger partial charge in [0.2, 0.25) is 0 Å². The largest absolute Gasteiger partial charge is 0.493 e. The van der Waals surface area contributed by atoms with Gasteiger partial charge in [-0.2, -0.15) is 0 Å². The van der Waals surface area contributed by atoms with E-state index >= 15 is 0 Å². The Balaban J connectivity index is 1.52. The molecule has 1 N–H and O–H groups in total. The second-order valence-corrected chi connectivity index (χ2v) is 6.49. The van der Waals surface area contributed by atoms with Gasteiger partial charge in [0.15, 0.2) is 0 Å². The van der Waals surface area contributed by atoms with Crippen molar-refractivity contribution in [2.45, 2.75) is 19.6 Å². The number of amides is 1. The van der Waals surface area contributed by atoms with Gasteiger partial charge >= 0.3 is 0 Å². The molecule has 144 valence electrons. The minimum atomic E-state index is -0.228. The predicted molar refractivity (Wildman–Crippen MR) is 101 cm³/mol. The average molecular weight is 372 g/mol. The maximum Gasteiger partial charge on any atom is 0.255 e. The number of hydrogen-bond acceptors (Lipinski definition) is 4. The number of nitrogens with zero attached hydrogens (tertiary/aromatic N) is 1. The van der Waals surface area contributed by atoms with Crippen molar-refractivity contribution in [2.24, 2.45) is 0 Å². The van der Waals surface area contributed by atoms with Gasteiger partial charge in [-0.05, 0) is 36.8 Å². The summed E-state index contributed by atoms with van der Waals surface area (Å²) in [5, 5.41) is 2.94. The third-order valence-corrected chi connectivity index (χ3v) is 4.46. The van der Waals surface area contributed by atoms with Gasteiger partial charge in [-0.3, -0.25) is 9.69 Å². The second-order valence-electron chi connectivity index (χ2n) is 6.49. The van der Waals surface area contributed by atoms with Crippen LogP contribution in [0.5, 0.6) is 5.75 Å². The van der Waals surface area contributed by atoms with Crippen LogP contribution in [-0.4, -0.2) is 49.8 Å². The molecule has 1 aliphatic heterocycles. The molecule has 0 aliphatic carbocycles. The molecule has 2 aromatic rings. The van der Waals surface area contributed by atoms with Gasteiger partial charge in [0.1, 0.15) is 11.6 Å². The van der Waals surface area contributed by atoms with E-state index in [0.717, 1.165) is 18.7 Å². The van der Waals surface area contributed by atoms with Crippen LogP contribution in [-0.2, 0) is 11.3 Å². The van der Waals surface area contributed by atoms with Gasteiger partial charge in [-0.1, -0.05) is 24.3 Å². The molecule has 27 heavy (non-hydrogen) atoms. The smallest absolute Gasteiger partial charge is 0.255 e. The maximum atomic E-state index is 13.0. The van der Waals surface area contributed by atoms with E-state index < -0.39 is 0 Å². The van der Waals surface area contributed by atoms with Crippen LogP contribution < -0.4 is 10.1 Å². The lowest BCUT2D eigenvalue weighted by atomic mass is 10.1. The van der Waals surface area contributed by atoms with Gasteiger partial charge in [-0.25, -0.2) is 4.39 Å². The van der Waals surface area contributed by atoms with E-state index in [0.29, 0.717) is 37.6 Å². The molecule has 2 aromatic carbocycles. The first-order chi connectivity index (χ1) is 13.2. The molecule has 1 heterocycles. The first kappa shape index (κ1) is 19.3. The summed E-state index contributed by atoms with van der Waals surface area (Å²) in [7, 11) is 0. The quantitative estimate of drug-likeness (QED) is 0.812. The number of rotatable bonds is 7. The number of ether oxygens (including phenoxy) is 2. The molecule has 1 aliphatic rings. The predicted octanol–water partition coefficient (Wildman–Crippen LogP) is 2.86. The number of nitrogens with one attached hydrogen (secondary N) is 1. The minimum absolute atomic E-state index is 0.0811. The SMILES string of the molecule is CCOc1ccccc1C(=O)NCC1CN(Cc2ccc(F)cc2)CCO1. The Kier molecular flexibility index (Phi) is 6.79. The Labute approximate surface area is 159 Å². The third-order valence-electron chi connectivity index (χ3n) is 4.46. The Morgan fingerprint density at radius 2 is 2.04 bits per heavy atom. The Hall–Kier alpha value is -2.44. The van der Waals surface area contributed by atoms with Crippen LogP contribution in [0.15, 0.2) is 48.5 Å². The van der Waals surface area contributed by atoms with E-state index in [-0.39, 0.29) is 17.8 Å². The van der Waals surface area contributed by atoms with Crippen molar-refractivity contribution in [2.75, 3.05) is 32.8 Å². The first-order valence-electron chi connectivity index (χ1n) is 9.24. The number of para-hydroxylation sites is 1. The summed E-state index contributed by atoms with van der Waals surface area (Å²) in [6.45, 7) is 5.70. The van der Waals surface area contributed by atoms with Crippen LogP contribution in [0.4, 0.5) is 4.39 Å². The molecule has 1 atom stereocenters. The third kappa shape index (κ3) is 5.52. The van der Waals surface area contributed by atoms with Crippen LogP contribution >= 0.6 is 0 Å². The summed E-state index contributed by atoms with van der Waals surface area (Å²) < 4.78 is 24.3. The molecule has 0 spiro atoms. The molecule has 1 amide bonds. The van der Waals surface area contributed by atoms with Crippen molar-refractivity contribution >= 4 is 5.91 Å². The van der Waals surface area contributed by atoms with E-state index in [9.17, 15) is 9.18 Å². The highest BCUT2D eigenvalue weighted by molar-refractivity contribution is 5.96. The van der Waals surface area contributed by atoms with Crippen molar-refractivity contribution in [3.8, 4) is 5.75 Å². The summed E-state index contributed by atoms with van der Waals surface area (Å²) in [6.07, 6.45) is -0.0811. The molecule has 1 unspecified atom stereocenters. The number of benzene rings is 2. The van der Waals surface area contributed by atoms with Crippen LogP contribution in [0.2, 0.25) is 0 Å². The van der Waals surface area contributed by atoms with Crippen molar-refractivity contribution in [1.82, 2.24) is 10.2 Å². The molecule has 0 radical (unpaired) electrons. The fraction of sp³-hybridized carbons (Fsp3) is 0.381. The number of halogens is 1. The number of carbonyl (C=O) groups excluding carboxylic acids is 1. The van der Waals surface area contributed by atoms with Crippen LogP contribution in [0.1, 0.15) is 22.8 Å². The fourth-order valence-corrected chi connectivity index (χ4v) is 3.13. The van der Waals surface area contributed by atoms with Gasteiger partial charge in [0.25, 0.3) is 5.91 Å². The Bertz CT molecular complexity index is 751. The second kappa shape index (κ2) is 9.48. The van der Waals surface area contributed by atoms with Crippen LogP contribution in [0.3, 0.4) is 0 Å². The van der Waals surface area contributed by atoms with E-state index in [1.807, 2.05) is 19.1 Å². The molecule has 5 nitrogen and oxygen atoms in total. The molecule has 0 bridgehead atoms. The molecule has 6 heteroatoms. The van der Waals surface area contributed by atoms with E-state index in [1.54, 1.807) is 24.3 Å². The normalized spacial score (nSPS) is 17.5. The lowest BCUT2D eigenvalue weighted by Gasteiger charge is -2.33. The zero-order chi connectivity index (χ0) is 19.1. The molecule has 0 aromatic heterocycles. The standard InChI is InChI=1S/C21H25FN2O3/c1-2-26-20-6-4-3-5-19(20)21(25)23-13-18-15-24(11-12-27-18)14-16-7-9-17(22)10-8-16/h3-10,18H,2,11-15H2,1H3,(H,23,25). The van der Waals surface area contributed by atoms with Crippen LogP contribution in [0.25, 0.3) is 0 Å². The highest BCUT2D eigenvalue weighted by Gasteiger charge is 2.22. The number of morpholine rings is 1. The lowest BCUT2D eigenvalue weighted by Crippen LogP contribution is -2.47. The topological polar surface area (TPSA) is 50.8 Å². The summed E-state index contributed by atoms with van der Waals surface area (Å²) >= 11 is 0. The molecule has 1 fully saturated rings. The van der Waals surface area contributed by atoms with E-state index in [1.165, 1.54) is 12.1 Å². The van der Waals surface area contributed by atoms with Gasteiger partial charge in [-0.15, -0.1) is 0 Å². The van der Waals surface area contributed by atoms with Crippen molar-refractivity contribution in [1.29, 1.82) is 0 Å². The summed E-state index contributed by atoms with van der Waals surface area (Å²) in [5.74, 6) is 0.187.